The Morgan fingerprint density at radius 1 is 0.947 bits per heavy atom. The summed E-state index contributed by atoms with van der Waals surface area (Å²) in [5.41, 5.74) is 3.72. The van der Waals surface area contributed by atoms with Crippen LogP contribution in [0.5, 0.6) is 11.5 Å². The van der Waals surface area contributed by atoms with Crippen molar-refractivity contribution in [3.05, 3.63) is 47.5 Å². The smallest absolute Gasteiger partial charge is 0.161 e. The maximum atomic E-state index is 11.0. The first-order chi connectivity index (χ1) is 9.28. The lowest BCUT2D eigenvalue weighted by Gasteiger charge is -2.19. The molecule has 3 heteroatoms. The Labute approximate surface area is 111 Å². The SMILES string of the molecule is Cc1ccc(-c2ccc3c(c2)OCCO3)cc1C=O. The molecular weight excluding hydrogens is 240 g/mol. The number of ether oxygens (including phenoxy) is 2. The molecule has 0 bridgehead atoms. The molecule has 96 valence electrons. The largest absolute Gasteiger partial charge is 0.486 e. The predicted molar refractivity (Wildman–Crippen MR) is 73.0 cm³/mol. The van der Waals surface area contributed by atoms with Gasteiger partial charge in [-0.3, -0.25) is 4.79 Å². The molecule has 0 amide bonds. The van der Waals surface area contributed by atoms with Gasteiger partial charge < -0.3 is 9.47 Å². The van der Waals surface area contributed by atoms with Gasteiger partial charge in [0.2, 0.25) is 0 Å². The molecule has 0 N–H and O–H groups in total. The number of aryl methyl sites for hydroxylation is 1. The molecule has 3 rings (SSSR count). The number of hydrogen-bond donors (Lipinski definition) is 0. The van der Waals surface area contributed by atoms with Crippen molar-refractivity contribution in [3.8, 4) is 22.6 Å². The van der Waals surface area contributed by atoms with Gasteiger partial charge >= 0.3 is 0 Å². The molecule has 0 spiro atoms. The van der Waals surface area contributed by atoms with E-state index in [1.54, 1.807) is 0 Å². The highest BCUT2D eigenvalue weighted by Gasteiger charge is 2.12. The van der Waals surface area contributed by atoms with Gasteiger partial charge in [-0.15, -0.1) is 0 Å². The number of aldehydes is 1. The van der Waals surface area contributed by atoms with Gasteiger partial charge in [-0.2, -0.15) is 0 Å². The second kappa shape index (κ2) is 4.76. The van der Waals surface area contributed by atoms with Gasteiger partial charge in [-0.25, -0.2) is 0 Å². The van der Waals surface area contributed by atoms with E-state index in [-0.39, 0.29) is 0 Å². The van der Waals surface area contributed by atoms with Gasteiger partial charge in [-0.05, 0) is 41.8 Å². The first-order valence-corrected chi connectivity index (χ1v) is 6.24. The second-order valence-electron chi connectivity index (χ2n) is 4.55. The van der Waals surface area contributed by atoms with Crippen LogP contribution in [0, 0.1) is 6.92 Å². The summed E-state index contributed by atoms with van der Waals surface area (Å²) in [6.07, 6.45) is 0.886. The van der Waals surface area contributed by atoms with Gasteiger partial charge in [0.05, 0.1) is 0 Å². The first-order valence-electron chi connectivity index (χ1n) is 6.24. The molecule has 19 heavy (non-hydrogen) atoms. The fourth-order valence-corrected chi connectivity index (χ4v) is 2.17. The Kier molecular flexibility index (Phi) is 2.95. The van der Waals surface area contributed by atoms with Crippen molar-refractivity contribution in [2.24, 2.45) is 0 Å². The number of carbonyl (C=O) groups excluding carboxylic acids is 1. The summed E-state index contributed by atoms with van der Waals surface area (Å²) in [6.45, 7) is 3.09. The van der Waals surface area contributed by atoms with E-state index in [1.165, 1.54) is 0 Å². The zero-order chi connectivity index (χ0) is 13.2. The van der Waals surface area contributed by atoms with Crippen molar-refractivity contribution in [1.82, 2.24) is 0 Å². The van der Waals surface area contributed by atoms with E-state index in [1.807, 2.05) is 43.3 Å². The van der Waals surface area contributed by atoms with Gasteiger partial charge in [0.15, 0.2) is 11.5 Å². The minimum Gasteiger partial charge on any atom is -0.486 e. The van der Waals surface area contributed by atoms with E-state index in [0.717, 1.165) is 34.5 Å². The molecule has 1 heterocycles. The predicted octanol–water partition coefficient (Wildman–Crippen LogP) is 3.25. The first kappa shape index (κ1) is 11.8. The van der Waals surface area contributed by atoms with Gasteiger partial charge in [0.25, 0.3) is 0 Å². The van der Waals surface area contributed by atoms with Crippen LogP contribution in [-0.4, -0.2) is 19.5 Å². The van der Waals surface area contributed by atoms with Crippen LogP contribution < -0.4 is 9.47 Å². The molecule has 2 aromatic carbocycles. The van der Waals surface area contributed by atoms with Gasteiger partial charge in [0, 0.05) is 5.56 Å². The fourth-order valence-electron chi connectivity index (χ4n) is 2.17. The van der Waals surface area contributed by atoms with E-state index < -0.39 is 0 Å². The molecule has 3 nitrogen and oxygen atoms in total. The Balaban J connectivity index is 2.04. The second-order valence-corrected chi connectivity index (χ2v) is 4.55. The summed E-state index contributed by atoms with van der Waals surface area (Å²) in [6, 6.07) is 11.7. The molecule has 0 atom stereocenters. The molecule has 0 radical (unpaired) electrons. The van der Waals surface area contributed by atoms with Crippen LogP contribution in [0.2, 0.25) is 0 Å². The Bertz CT molecular complexity index is 632. The topological polar surface area (TPSA) is 35.5 Å². The Morgan fingerprint density at radius 2 is 1.63 bits per heavy atom. The molecule has 0 aromatic heterocycles. The lowest BCUT2D eigenvalue weighted by atomic mass is 10.00. The van der Waals surface area contributed by atoms with Gasteiger partial charge in [0.1, 0.15) is 19.5 Å². The van der Waals surface area contributed by atoms with Crippen LogP contribution in [0.25, 0.3) is 11.1 Å². The monoisotopic (exact) mass is 254 g/mol. The van der Waals surface area contributed by atoms with Crippen LogP contribution in [0.3, 0.4) is 0 Å². The third-order valence-corrected chi connectivity index (χ3v) is 3.28. The number of hydrogen-bond acceptors (Lipinski definition) is 3. The summed E-state index contributed by atoms with van der Waals surface area (Å²) < 4.78 is 11.1. The van der Waals surface area contributed by atoms with E-state index in [4.69, 9.17) is 9.47 Å². The molecule has 0 unspecified atom stereocenters. The molecule has 1 aliphatic rings. The minimum atomic E-state index is 0.573. The Hall–Kier alpha value is -2.29. The summed E-state index contributed by atoms with van der Waals surface area (Å²) in [4.78, 5) is 11.0. The Morgan fingerprint density at radius 3 is 2.42 bits per heavy atom. The van der Waals surface area contributed by atoms with Gasteiger partial charge in [-0.1, -0.05) is 18.2 Å². The lowest BCUT2D eigenvalue weighted by Crippen LogP contribution is -2.15. The highest BCUT2D eigenvalue weighted by atomic mass is 16.6. The van der Waals surface area contributed by atoms with Crippen LogP contribution in [0.4, 0.5) is 0 Å². The van der Waals surface area contributed by atoms with Crippen molar-refractivity contribution < 1.29 is 14.3 Å². The van der Waals surface area contributed by atoms with E-state index in [9.17, 15) is 4.79 Å². The number of carbonyl (C=O) groups is 1. The fraction of sp³-hybridized carbons (Fsp3) is 0.188. The standard InChI is InChI=1S/C16H14O3/c1-11-2-3-12(8-14(11)10-17)13-4-5-15-16(9-13)19-7-6-18-15/h2-5,8-10H,6-7H2,1H3. The summed E-state index contributed by atoms with van der Waals surface area (Å²) in [5.74, 6) is 1.54. The molecule has 0 saturated heterocycles. The van der Waals surface area contributed by atoms with E-state index in [0.29, 0.717) is 18.8 Å². The van der Waals surface area contributed by atoms with Crippen LogP contribution in [-0.2, 0) is 0 Å². The highest BCUT2D eigenvalue weighted by Crippen LogP contribution is 2.34. The summed E-state index contributed by atoms with van der Waals surface area (Å²) in [5, 5.41) is 0. The summed E-state index contributed by atoms with van der Waals surface area (Å²) >= 11 is 0. The molecule has 1 aliphatic heterocycles. The third kappa shape index (κ3) is 2.19. The maximum absolute atomic E-state index is 11.0. The molecular formula is C16H14O3. The zero-order valence-electron chi connectivity index (χ0n) is 10.7. The summed E-state index contributed by atoms with van der Waals surface area (Å²) in [7, 11) is 0. The average Bonchev–Trinajstić information content (AvgIpc) is 2.47. The quantitative estimate of drug-likeness (QED) is 0.772. The van der Waals surface area contributed by atoms with Crippen molar-refractivity contribution in [3.63, 3.8) is 0 Å². The lowest BCUT2D eigenvalue weighted by molar-refractivity contribution is 0.112. The van der Waals surface area contributed by atoms with Crippen LogP contribution in [0.15, 0.2) is 36.4 Å². The van der Waals surface area contributed by atoms with Crippen molar-refractivity contribution >= 4 is 6.29 Å². The van der Waals surface area contributed by atoms with Crippen molar-refractivity contribution in [2.45, 2.75) is 6.92 Å². The normalized spacial score (nSPS) is 13.1. The molecule has 0 fully saturated rings. The highest BCUT2D eigenvalue weighted by molar-refractivity contribution is 5.81. The zero-order valence-corrected chi connectivity index (χ0v) is 10.7. The molecule has 2 aromatic rings. The van der Waals surface area contributed by atoms with Crippen molar-refractivity contribution in [2.75, 3.05) is 13.2 Å². The third-order valence-electron chi connectivity index (χ3n) is 3.28. The van der Waals surface area contributed by atoms with E-state index >= 15 is 0 Å². The molecule has 0 aliphatic carbocycles. The van der Waals surface area contributed by atoms with Crippen LogP contribution >= 0.6 is 0 Å². The number of fused-ring (bicyclic) bond motifs is 1. The average molecular weight is 254 g/mol. The number of rotatable bonds is 2. The van der Waals surface area contributed by atoms with Crippen LogP contribution in [0.1, 0.15) is 15.9 Å². The minimum absolute atomic E-state index is 0.573. The maximum Gasteiger partial charge on any atom is 0.161 e. The number of benzene rings is 2. The molecule has 0 saturated carbocycles. The van der Waals surface area contributed by atoms with E-state index in [2.05, 4.69) is 0 Å². The van der Waals surface area contributed by atoms with Crippen molar-refractivity contribution in [1.29, 1.82) is 0 Å².